The summed E-state index contributed by atoms with van der Waals surface area (Å²) in [6, 6.07) is 0. The van der Waals surface area contributed by atoms with Gasteiger partial charge in [0.25, 0.3) is 0 Å². The first-order chi connectivity index (χ1) is 3.27. The summed E-state index contributed by atoms with van der Waals surface area (Å²) in [5.74, 6) is 0. The van der Waals surface area contributed by atoms with E-state index in [9.17, 15) is 0 Å². The summed E-state index contributed by atoms with van der Waals surface area (Å²) >= 11 is 5.21. The van der Waals surface area contributed by atoms with Gasteiger partial charge in [-0.15, -0.1) is 0 Å². The molecule has 0 radical (unpaired) electrons. The van der Waals surface area contributed by atoms with Crippen LogP contribution in [0.4, 0.5) is 0 Å². The molecule has 0 aliphatic rings. The van der Waals surface area contributed by atoms with Crippen LogP contribution < -0.4 is 0 Å². The Morgan fingerprint density at radius 3 is 2.57 bits per heavy atom. The Labute approximate surface area is 47.0 Å². The van der Waals surface area contributed by atoms with Gasteiger partial charge in [-0.05, 0) is 0 Å². The number of allylic oxidation sites excluding steroid dienone is 1. The molecule has 0 aromatic heterocycles. The van der Waals surface area contributed by atoms with Crippen LogP contribution in [0.15, 0.2) is 16.6 Å². The van der Waals surface area contributed by atoms with Gasteiger partial charge in [0.15, 0.2) is 0 Å². The lowest BCUT2D eigenvalue weighted by atomic mass is 10.7. The Hall–Kier alpha value is -0.630. The number of halogens is 1. The first-order valence-electron chi connectivity index (χ1n) is 1.64. The maximum absolute atomic E-state index is 6.37. The van der Waals surface area contributed by atoms with Crippen LogP contribution in [0, 0.1) is 5.41 Å². The summed E-state index contributed by atoms with van der Waals surface area (Å²) in [5, 5.41) is 6.71. The molecule has 0 aromatic carbocycles. The number of hydrogen-bond acceptors (Lipinski definition) is 1. The van der Waals surface area contributed by atoms with Crippen molar-refractivity contribution in [1.82, 2.24) is 0 Å². The molecule has 1 N–H and O–H groups in total. The fourth-order valence-corrected chi connectivity index (χ4v) is 0.174. The first kappa shape index (κ1) is 6.37. The van der Waals surface area contributed by atoms with Gasteiger partial charge in [-0.2, -0.15) is 0 Å². The summed E-state index contributed by atoms with van der Waals surface area (Å²) in [4.78, 5) is 3.36. The lowest BCUT2D eigenvalue weighted by Gasteiger charge is -1.73. The first-order valence-corrected chi connectivity index (χ1v) is 2.01. The molecule has 0 atom stereocenters. The van der Waals surface area contributed by atoms with E-state index in [1.807, 2.05) is 0 Å². The number of nitrogens with zero attached hydrogens (tertiary/aromatic N) is 1. The molecule has 0 heterocycles. The van der Waals surface area contributed by atoms with Crippen LogP contribution in [0.2, 0.25) is 0 Å². The summed E-state index contributed by atoms with van der Waals surface area (Å²) in [7, 11) is 0. The summed E-state index contributed by atoms with van der Waals surface area (Å²) in [6.07, 6.45) is 2.20. The van der Waals surface area contributed by atoms with E-state index in [1.165, 1.54) is 6.21 Å². The molecule has 0 saturated carbocycles. The molecule has 0 bridgehead atoms. The van der Waals surface area contributed by atoms with E-state index in [-0.39, 0.29) is 0 Å². The Kier molecular flexibility index (Phi) is 3.24. The molecule has 0 fully saturated rings. The fraction of sp³-hybridized carbons (Fsp3) is 0. The van der Waals surface area contributed by atoms with Crippen LogP contribution in [0.1, 0.15) is 0 Å². The zero-order valence-electron chi connectivity index (χ0n) is 3.69. The van der Waals surface area contributed by atoms with Gasteiger partial charge in [0.1, 0.15) is 6.34 Å². The van der Waals surface area contributed by atoms with Gasteiger partial charge in [-0.1, -0.05) is 18.2 Å². The average Bonchev–Trinajstić information content (AvgIpc) is 1.61. The lowest BCUT2D eigenvalue weighted by Crippen LogP contribution is -1.68. The van der Waals surface area contributed by atoms with Crippen molar-refractivity contribution in [1.29, 1.82) is 5.41 Å². The van der Waals surface area contributed by atoms with Gasteiger partial charge in [-0.25, -0.2) is 4.99 Å². The van der Waals surface area contributed by atoms with E-state index in [2.05, 4.69) is 11.6 Å². The van der Waals surface area contributed by atoms with Gasteiger partial charge in [0, 0.05) is 6.21 Å². The molecule has 0 saturated heterocycles. The van der Waals surface area contributed by atoms with Crippen molar-refractivity contribution in [2.24, 2.45) is 4.99 Å². The Balaban J connectivity index is 3.46. The number of aliphatic imine (C=N–C) groups is 1. The second-order valence-corrected chi connectivity index (χ2v) is 1.34. The SMILES string of the molecule is C=C(Cl)C=NC=N. The third-order valence-electron chi connectivity index (χ3n) is 0.289. The maximum atomic E-state index is 6.37. The molecular weight excluding hydrogens is 112 g/mol. The van der Waals surface area contributed by atoms with Gasteiger partial charge in [-0.3, -0.25) is 5.41 Å². The fourth-order valence-electron chi connectivity index (χ4n) is 0.118. The molecule has 0 aliphatic heterocycles. The Morgan fingerprint density at radius 1 is 1.86 bits per heavy atom. The summed E-state index contributed by atoms with van der Waals surface area (Å²) in [5.41, 5.74) is 0. The molecule has 0 amide bonds. The van der Waals surface area contributed by atoms with Crippen molar-refractivity contribution in [2.75, 3.05) is 0 Å². The van der Waals surface area contributed by atoms with E-state index < -0.39 is 0 Å². The predicted molar refractivity (Wildman–Crippen MR) is 32.3 cm³/mol. The van der Waals surface area contributed by atoms with Crippen molar-refractivity contribution in [2.45, 2.75) is 0 Å². The zero-order valence-corrected chi connectivity index (χ0v) is 4.44. The molecule has 7 heavy (non-hydrogen) atoms. The van der Waals surface area contributed by atoms with E-state index in [1.54, 1.807) is 0 Å². The molecule has 0 unspecified atom stereocenters. The van der Waals surface area contributed by atoms with Crippen LogP contribution in [0.3, 0.4) is 0 Å². The number of hydrogen-bond donors (Lipinski definition) is 1. The van der Waals surface area contributed by atoms with Gasteiger partial charge >= 0.3 is 0 Å². The van der Waals surface area contributed by atoms with Crippen LogP contribution in [-0.2, 0) is 0 Å². The third-order valence-corrected chi connectivity index (χ3v) is 0.387. The van der Waals surface area contributed by atoms with Crippen LogP contribution >= 0.6 is 11.6 Å². The van der Waals surface area contributed by atoms with E-state index in [0.29, 0.717) is 5.03 Å². The summed E-state index contributed by atoms with van der Waals surface area (Å²) in [6.45, 7) is 3.31. The van der Waals surface area contributed by atoms with Gasteiger partial charge < -0.3 is 0 Å². The van der Waals surface area contributed by atoms with Crippen LogP contribution in [0.5, 0.6) is 0 Å². The molecule has 3 heteroatoms. The number of rotatable bonds is 2. The topological polar surface area (TPSA) is 36.2 Å². The summed E-state index contributed by atoms with van der Waals surface area (Å²) < 4.78 is 0. The smallest absolute Gasteiger partial charge is 0.106 e. The van der Waals surface area contributed by atoms with Crippen molar-refractivity contribution in [3.63, 3.8) is 0 Å². The van der Waals surface area contributed by atoms with Crippen molar-refractivity contribution in [3.05, 3.63) is 11.6 Å². The minimum absolute atomic E-state index is 0.337. The lowest BCUT2D eigenvalue weighted by molar-refractivity contribution is 1.52. The molecular formula is C4H5ClN2. The van der Waals surface area contributed by atoms with Gasteiger partial charge in [0.05, 0.1) is 5.03 Å². The van der Waals surface area contributed by atoms with Crippen molar-refractivity contribution < 1.29 is 0 Å². The Morgan fingerprint density at radius 2 is 2.43 bits per heavy atom. The standard InChI is InChI=1S/C4H5ClN2/c1-4(5)2-7-3-6/h2-3,6H,1H2. The molecule has 0 aliphatic carbocycles. The van der Waals surface area contributed by atoms with Crippen LogP contribution in [0.25, 0.3) is 0 Å². The van der Waals surface area contributed by atoms with Crippen LogP contribution in [-0.4, -0.2) is 12.6 Å². The number of nitrogens with one attached hydrogen (secondary N) is 1. The average molecular weight is 117 g/mol. The highest BCUT2D eigenvalue weighted by Gasteiger charge is 1.70. The maximum Gasteiger partial charge on any atom is 0.106 e. The minimum atomic E-state index is 0.337. The third kappa shape index (κ3) is 5.37. The molecule has 38 valence electrons. The monoisotopic (exact) mass is 116 g/mol. The normalized spacial score (nSPS) is 9.29. The molecule has 0 spiro atoms. The largest absolute Gasteiger partial charge is 0.290 e. The van der Waals surface area contributed by atoms with E-state index >= 15 is 0 Å². The molecule has 0 aromatic rings. The van der Waals surface area contributed by atoms with E-state index in [4.69, 9.17) is 17.0 Å². The highest BCUT2D eigenvalue weighted by molar-refractivity contribution is 6.39. The van der Waals surface area contributed by atoms with E-state index in [0.717, 1.165) is 6.34 Å². The quantitative estimate of drug-likeness (QED) is 0.419. The zero-order chi connectivity index (χ0) is 5.70. The molecule has 0 rings (SSSR count). The highest BCUT2D eigenvalue weighted by Crippen LogP contribution is 1.88. The van der Waals surface area contributed by atoms with Gasteiger partial charge in [0.2, 0.25) is 0 Å². The minimum Gasteiger partial charge on any atom is -0.290 e. The second-order valence-electron chi connectivity index (χ2n) is 0.854. The predicted octanol–water partition coefficient (Wildman–Crippen LogP) is 1.42. The second kappa shape index (κ2) is 3.56. The Bertz CT molecular complexity index is 106. The highest BCUT2D eigenvalue weighted by atomic mass is 35.5. The van der Waals surface area contributed by atoms with Crippen molar-refractivity contribution >= 4 is 24.2 Å². The molecule has 2 nitrogen and oxygen atoms in total. The van der Waals surface area contributed by atoms with Crippen molar-refractivity contribution in [3.8, 4) is 0 Å².